The molecule has 0 radical (unpaired) electrons. The van der Waals surface area contributed by atoms with Crippen LogP contribution in [0.2, 0.25) is 0 Å². The van der Waals surface area contributed by atoms with Gasteiger partial charge >= 0.3 is 11.8 Å². The van der Waals surface area contributed by atoms with Gasteiger partial charge in [0.2, 0.25) is 0 Å². The van der Waals surface area contributed by atoms with Crippen molar-refractivity contribution < 1.29 is 9.59 Å². The largest absolute Gasteiger partial charge is 0.329 e. The van der Waals surface area contributed by atoms with E-state index in [1.807, 2.05) is 6.07 Å². The smallest absolute Gasteiger partial charge is 0.318 e. The van der Waals surface area contributed by atoms with Crippen LogP contribution in [0.15, 0.2) is 64.2 Å². The third-order valence-electron chi connectivity index (χ3n) is 4.46. The standard InChI is InChI=1S/C20H20BrN3O2/c21-16-8-12-17(13-9-16)22-19(25)20(26)24-23-18-10-6-15(7-11-18)14-4-2-1-3-5-14/h1-5,8-9,12-13,15H,6-7,10-11H2,(H,22,25)(H,24,26). The molecule has 1 aliphatic carbocycles. The maximum Gasteiger partial charge on any atom is 0.329 e. The van der Waals surface area contributed by atoms with E-state index in [-0.39, 0.29) is 0 Å². The van der Waals surface area contributed by atoms with Crippen molar-refractivity contribution in [1.82, 2.24) is 5.43 Å². The second-order valence-corrected chi connectivity index (χ2v) is 7.18. The number of rotatable bonds is 3. The molecule has 0 atom stereocenters. The SMILES string of the molecule is O=C(NN=C1CCC(c2ccccc2)CC1)C(=O)Nc1ccc(Br)cc1. The predicted octanol–water partition coefficient (Wildman–Crippen LogP) is 4.22. The number of nitrogens with zero attached hydrogens (tertiary/aromatic N) is 1. The van der Waals surface area contributed by atoms with Gasteiger partial charge in [-0.2, -0.15) is 5.10 Å². The molecule has 2 amide bonds. The summed E-state index contributed by atoms with van der Waals surface area (Å²) in [5.74, 6) is -0.952. The minimum Gasteiger partial charge on any atom is -0.318 e. The first-order valence-corrected chi connectivity index (χ1v) is 9.38. The number of carbonyl (C=O) groups excluding carboxylic acids is 2. The van der Waals surface area contributed by atoms with Crippen molar-refractivity contribution >= 4 is 39.1 Å². The normalized spacial score (nSPS) is 16.7. The average molecular weight is 414 g/mol. The first-order chi connectivity index (χ1) is 12.6. The fourth-order valence-corrected chi connectivity index (χ4v) is 3.29. The van der Waals surface area contributed by atoms with Crippen LogP contribution in [0.5, 0.6) is 0 Å². The number of hydrogen-bond acceptors (Lipinski definition) is 3. The van der Waals surface area contributed by atoms with Crippen LogP contribution in [-0.4, -0.2) is 17.5 Å². The van der Waals surface area contributed by atoms with E-state index in [2.05, 4.69) is 56.0 Å². The number of anilines is 1. The molecule has 0 aromatic heterocycles. The second-order valence-electron chi connectivity index (χ2n) is 6.26. The second kappa shape index (κ2) is 8.76. The van der Waals surface area contributed by atoms with Crippen LogP contribution in [0, 0.1) is 0 Å². The van der Waals surface area contributed by atoms with Gasteiger partial charge in [-0.15, -0.1) is 0 Å². The molecule has 0 heterocycles. The lowest BCUT2D eigenvalue weighted by molar-refractivity contribution is -0.136. The molecule has 0 spiro atoms. The summed E-state index contributed by atoms with van der Waals surface area (Å²) in [5, 5.41) is 6.68. The Morgan fingerprint density at radius 3 is 2.23 bits per heavy atom. The monoisotopic (exact) mass is 413 g/mol. The van der Waals surface area contributed by atoms with E-state index in [4.69, 9.17) is 0 Å². The van der Waals surface area contributed by atoms with Crippen molar-refractivity contribution in [2.45, 2.75) is 31.6 Å². The van der Waals surface area contributed by atoms with E-state index >= 15 is 0 Å². The number of carbonyl (C=O) groups is 2. The summed E-state index contributed by atoms with van der Waals surface area (Å²) in [6, 6.07) is 17.5. The third-order valence-corrected chi connectivity index (χ3v) is 4.99. The lowest BCUT2D eigenvalue weighted by Crippen LogP contribution is -2.33. The molecular formula is C20H20BrN3O2. The molecule has 2 N–H and O–H groups in total. The Morgan fingerprint density at radius 2 is 1.58 bits per heavy atom. The molecule has 0 unspecified atom stereocenters. The summed E-state index contributed by atoms with van der Waals surface area (Å²) in [7, 11) is 0. The van der Waals surface area contributed by atoms with E-state index < -0.39 is 11.8 Å². The molecule has 0 saturated heterocycles. The van der Waals surface area contributed by atoms with Gasteiger partial charge in [0.1, 0.15) is 0 Å². The number of halogens is 1. The number of hydrogen-bond donors (Lipinski definition) is 2. The van der Waals surface area contributed by atoms with E-state index in [0.29, 0.717) is 11.6 Å². The maximum atomic E-state index is 11.9. The minimum atomic E-state index is -0.759. The van der Waals surface area contributed by atoms with Crippen molar-refractivity contribution in [2.24, 2.45) is 5.10 Å². The Labute approximate surface area is 161 Å². The van der Waals surface area contributed by atoms with E-state index in [0.717, 1.165) is 35.9 Å². The van der Waals surface area contributed by atoms with Crippen LogP contribution in [-0.2, 0) is 9.59 Å². The van der Waals surface area contributed by atoms with Gasteiger partial charge in [0.15, 0.2) is 0 Å². The van der Waals surface area contributed by atoms with E-state index in [1.165, 1.54) is 5.56 Å². The molecule has 2 aromatic carbocycles. The van der Waals surface area contributed by atoms with Crippen molar-refractivity contribution in [3.63, 3.8) is 0 Å². The Morgan fingerprint density at radius 1 is 0.923 bits per heavy atom. The molecule has 26 heavy (non-hydrogen) atoms. The first-order valence-electron chi connectivity index (χ1n) is 8.59. The summed E-state index contributed by atoms with van der Waals surface area (Å²) in [6.45, 7) is 0. The molecule has 5 nitrogen and oxygen atoms in total. The maximum absolute atomic E-state index is 11.9. The van der Waals surface area contributed by atoms with Gasteiger partial charge in [-0.1, -0.05) is 46.3 Å². The van der Waals surface area contributed by atoms with Crippen LogP contribution in [0.25, 0.3) is 0 Å². The Kier molecular flexibility index (Phi) is 6.17. The number of amides is 2. The lowest BCUT2D eigenvalue weighted by atomic mass is 9.83. The van der Waals surface area contributed by atoms with Gasteiger partial charge in [-0.3, -0.25) is 9.59 Å². The Hall–Kier alpha value is -2.47. The van der Waals surface area contributed by atoms with Crippen molar-refractivity contribution in [3.05, 3.63) is 64.6 Å². The summed E-state index contributed by atoms with van der Waals surface area (Å²) in [4.78, 5) is 23.8. The third kappa shape index (κ3) is 5.02. The molecule has 6 heteroatoms. The highest BCUT2D eigenvalue weighted by molar-refractivity contribution is 9.10. The summed E-state index contributed by atoms with van der Waals surface area (Å²) >= 11 is 3.32. The Balaban J connectivity index is 1.48. The molecule has 3 rings (SSSR count). The zero-order valence-corrected chi connectivity index (χ0v) is 15.8. The zero-order valence-electron chi connectivity index (χ0n) is 14.2. The quantitative estimate of drug-likeness (QED) is 0.583. The minimum absolute atomic E-state index is 0.534. The van der Waals surface area contributed by atoms with Crippen LogP contribution < -0.4 is 10.7 Å². The number of hydrazone groups is 1. The van der Waals surface area contributed by atoms with Gasteiger partial charge in [0.25, 0.3) is 0 Å². The average Bonchev–Trinajstić information content (AvgIpc) is 2.69. The fraction of sp³-hybridized carbons (Fsp3) is 0.250. The Bertz CT molecular complexity index is 794. The van der Waals surface area contributed by atoms with Crippen molar-refractivity contribution in [1.29, 1.82) is 0 Å². The topological polar surface area (TPSA) is 70.6 Å². The molecule has 2 aromatic rings. The number of nitrogens with one attached hydrogen (secondary N) is 2. The van der Waals surface area contributed by atoms with Gasteiger partial charge in [0.05, 0.1) is 0 Å². The van der Waals surface area contributed by atoms with Crippen LogP contribution >= 0.6 is 15.9 Å². The van der Waals surface area contributed by atoms with Gasteiger partial charge in [-0.05, 0) is 61.4 Å². The van der Waals surface area contributed by atoms with Crippen LogP contribution in [0.3, 0.4) is 0 Å². The van der Waals surface area contributed by atoms with Gasteiger partial charge < -0.3 is 5.32 Å². The highest BCUT2D eigenvalue weighted by atomic mass is 79.9. The molecular weight excluding hydrogens is 394 g/mol. The summed E-state index contributed by atoms with van der Waals surface area (Å²) in [5.41, 5.74) is 5.21. The van der Waals surface area contributed by atoms with Crippen LogP contribution in [0.1, 0.15) is 37.2 Å². The molecule has 1 fully saturated rings. The molecule has 134 valence electrons. The van der Waals surface area contributed by atoms with E-state index in [1.54, 1.807) is 24.3 Å². The number of benzene rings is 2. The summed E-state index contributed by atoms with van der Waals surface area (Å²) in [6.07, 6.45) is 3.66. The fourth-order valence-electron chi connectivity index (χ4n) is 3.02. The van der Waals surface area contributed by atoms with Crippen molar-refractivity contribution in [3.8, 4) is 0 Å². The highest BCUT2D eigenvalue weighted by Crippen LogP contribution is 2.31. The van der Waals surface area contributed by atoms with Crippen LogP contribution in [0.4, 0.5) is 5.69 Å². The van der Waals surface area contributed by atoms with Gasteiger partial charge in [0, 0.05) is 15.9 Å². The lowest BCUT2D eigenvalue weighted by Gasteiger charge is -2.23. The molecule has 0 aliphatic heterocycles. The molecule has 1 aliphatic rings. The molecule has 0 bridgehead atoms. The molecule has 1 saturated carbocycles. The summed E-state index contributed by atoms with van der Waals surface area (Å²) < 4.78 is 0.900. The van der Waals surface area contributed by atoms with Crippen molar-refractivity contribution in [2.75, 3.05) is 5.32 Å². The first kappa shape index (κ1) is 18.3. The zero-order chi connectivity index (χ0) is 18.4. The van der Waals surface area contributed by atoms with Gasteiger partial charge in [-0.25, -0.2) is 5.43 Å². The van der Waals surface area contributed by atoms with E-state index in [9.17, 15) is 9.59 Å². The predicted molar refractivity (Wildman–Crippen MR) is 106 cm³/mol. The highest BCUT2D eigenvalue weighted by Gasteiger charge is 2.20.